The normalized spacial score (nSPS) is 15.3. The van der Waals surface area contributed by atoms with Crippen molar-refractivity contribution >= 4 is 5.69 Å². The lowest BCUT2D eigenvalue weighted by Crippen LogP contribution is -2.29. The zero-order valence-electron chi connectivity index (χ0n) is 37.4. The highest BCUT2D eigenvalue weighted by atomic mass is 16.3. The third kappa shape index (κ3) is 7.21. The minimum Gasteiger partial charge on any atom is -0.508 e. The molecule has 320 valence electrons. The van der Waals surface area contributed by atoms with Gasteiger partial charge in [0.15, 0.2) is 0 Å². The molecule has 4 heteroatoms. The third-order valence-corrected chi connectivity index (χ3v) is 14.3. The van der Waals surface area contributed by atoms with Gasteiger partial charge in [0.2, 0.25) is 0 Å². The Bertz CT molecular complexity index is 2900. The fraction of sp³-hybridized carbons (Fsp3) is 0.200. The van der Waals surface area contributed by atoms with Gasteiger partial charge in [0.25, 0.3) is 0 Å². The van der Waals surface area contributed by atoms with E-state index < -0.39 is 5.41 Å². The molecule has 0 bridgehead atoms. The van der Waals surface area contributed by atoms with Crippen LogP contribution in [0, 0.1) is 0 Å². The summed E-state index contributed by atoms with van der Waals surface area (Å²) in [5, 5.41) is 33.7. The second-order valence-electron chi connectivity index (χ2n) is 18.2. The first-order valence-corrected chi connectivity index (χ1v) is 22.7. The molecule has 0 radical (unpaired) electrons. The quantitative estimate of drug-likeness (QED) is 0.0923. The molecule has 8 aromatic rings. The van der Waals surface area contributed by atoms with Gasteiger partial charge in [-0.15, -0.1) is 0 Å². The van der Waals surface area contributed by atoms with Crippen molar-refractivity contribution in [2.45, 2.75) is 76.5 Å². The third-order valence-electron chi connectivity index (χ3n) is 14.3. The number of anilines is 1. The number of fused-ring (bicyclic) bond motifs is 3. The van der Waals surface area contributed by atoms with Crippen LogP contribution in [0.15, 0.2) is 176 Å². The maximum Gasteiger partial charge on any atom is 0.123 e. The number of nitrogens with two attached hydrogens (primary N) is 1. The Hall–Kier alpha value is -7.04. The number of aromatic hydroxyl groups is 3. The zero-order valence-corrected chi connectivity index (χ0v) is 37.4. The van der Waals surface area contributed by atoms with Crippen molar-refractivity contribution in [2.75, 3.05) is 5.73 Å². The number of rotatable bonds is 12. The zero-order chi connectivity index (χ0) is 44.8. The maximum absolute atomic E-state index is 11.5. The molecule has 1 aliphatic rings. The standard InChI is InChI=1S/C60H57NO3/c1-6-38(3)48-34-43(24-29-56(48)62)59(4,5)44-25-30-57(63)50(35-44)40(7-2)32-39-22-27-54-52(33-39)47-20-14-15-21-53(47)60(54,45-23-28-55(61)49(36-45)41-16-10-8-11-17-41)46-26-31-58(64)51(37-46)42-18-12-9-13-19-42/h8-31,33-38,40,62-64H,6-7,32,61H2,1-5H3. The first-order valence-electron chi connectivity index (χ1n) is 22.7. The van der Waals surface area contributed by atoms with Gasteiger partial charge in [0.05, 0.1) is 5.41 Å². The van der Waals surface area contributed by atoms with Crippen molar-refractivity contribution in [1.29, 1.82) is 0 Å². The topological polar surface area (TPSA) is 86.7 Å². The van der Waals surface area contributed by atoms with E-state index in [-0.39, 0.29) is 23.0 Å². The number of phenolic OH excluding ortho intramolecular Hbond substituents is 3. The van der Waals surface area contributed by atoms with E-state index in [2.05, 4.69) is 126 Å². The molecule has 0 aromatic heterocycles. The molecule has 0 fully saturated rings. The van der Waals surface area contributed by atoms with Crippen LogP contribution in [0.4, 0.5) is 5.69 Å². The Labute approximate surface area is 378 Å². The van der Waals surface area contributed by atoms with Gasteiger partial charge in [-0.3, -0.25) is 0 Å². The van der Waals surface area contributed by atoms with Gasteiger partial charge in [-0.05, 0) is 140 Å². The van der Waals surface area contributed by atoms with Crippen molar-refractivity contribution in [3.63, 3.8) is 0 Å². The van der Waals surface area contributed by atoms with Gasteiger partial charge in [0.1, 0.15) is 17.2 Å². The van der Waals surface area contributed by atoms with E-state index in [0.29, 0.717) is 17.2 Å². The highest BCUT2D eigenvalue weighted by Crippen LogP contribution is 2.58. The van der Waals surface area contributed by atoms with Crippen LogP contribution in [0.25, 0.3) is 33.4 Å². The van der Waals surface area contributed by atoms with Crippen LogP contribution < -0.4 is 5.73 Å². The van der Waals surface area contributed by atoms with E-state index in [1.54, 1.807) is 0 Å². The predicted octanol–water partition coefficient (Wildman–Crippen LogP) is 14.7. The first kappa shape index (κ1) is 42.3. The minimum atomic E-state index is -0.746. The molecule has 0 aliphatic heterocycles. The molecule has 64 heavy (non-hydrogen) atoms. The average molecular weight is 840 g/mol. The van der Waals surface area contributed by atoms with E-state index in [4.69, 9.17) is 5.73 Å². The Morgan fingerprint density at radius 2 is 1.05 bits per heavy atom. The van der Waals surface area contributed by atoms with E-state index >= 15 is 0 Å². The van der Waals surface area contributed by atoms with E-state index in [0.717, 1.165) is 86.0 Å². The Morgan fingerprint density at radius 1 is 0.500 bits per heavy atom. The monoisotopic (exact) mass is 839 g/mol. The summed E-state index contributed by atoms with van der Waals surface area (Å²) >= 11 is 0. The molecule has 0 heterocycles. The second-order valence-corrected chi connectivity index (χ2v) is 18.2. The lowest BCUT2D eigenvalue weighted by molar-refractivity contribution is 0.457. The molecule has 0 spiro atoms. The second kappa shape index (κ2) is 16.9. The van der Waals surface area contributed by atoms with Crippen molar-refractivity contribution in [3.8, 4) is 50.6 Å². The molecule has 0 amide bonds. The Morgan fingerprint density at radius 3 is 1.70 bits per heavy atom. The fourth-order valence-electron chi connectivity index (χ4n) is 10.3. The molecule has 0 saturated carbocycles. The van der Waals surface area contributed by atoms with Crippen LogP contribution in [0.5, 0.6) is 17.2 Å². The van der Waals surface area contributed by atoms with E-state index in [1.165, 1.54) is 16.7 Å². The summed E-state index contributed by atoms with van der Waals surface area (Å²) in [6, 6.07) is 60.8. The number of hydrogen-bond donors (Lipinski definition) is 4. The number of nitrogen functional groups attached to an aromatic ring is 1. The van der Waals surface area contributed by atoms with Gasteiger partial charge in [-0.1, -0.05) is 174 Å². The van der Waals surface area contributed by atoms with Crippen LogP contribution in [0.2, 0.25) is 0 Å². The number of phenols is 3. The van der Waals surface area contributed by atoms with Gasteiger partial charge in [-0.25, -0.2) is 0 Å². The van der Waals surface area contributed by atoms with Gasteiger partial charge >= 0.3 is 0 Å². The molecule has 9 rings (SSSR count). The van der Waals surface area contributed by atoms with Crippen LogP contribution >= 0.6 is 0 Å². The largest absolute Gasteiger partial charge is 0.508 e. The van der Waals surface area contributed by atoms with Crippen LogP contribution in [0.1, 0.15) is 109 Å². The minimum absolute atomic E-state index is 0.0572. The van der Waals surface area contributed by atoms with Gasteiger partial charge in [-0.2, -0.15) is 0 Å². The van der Waals surface area contributed by atoms with Crippen molar-refractivity contribution < 1.29 is 15.3 Å². The summed E-state index contributed by atoms with van der Waals surface area (Å²) in [5.74, 6) is 1.18. The lowest BCUT2D eigenvalue weighted by atomic mass is 9.66. The fourth-order valence-corrected chi connectivity index (χ4v) is 10.3. The molecule has 8 aromatic carbocycles. The van der Waals surface area contributed by atoms with Crippen molar-refractivity contribution in [3.05, 3.63) is 226 Å². The molecular weight excluding hydrogens is 783 g/mol. The summed E-state index contributed by atoms with van der Waals surface area (Å²) < 4.78 is 0. The summed E-state index contributed by atoms with van der Waals surface area (Å²) in [6.45, 7) is 11.0. The summed E-state index contributed by atoms with van der Waals surface area (Å²) in [7, 11) is 0. The highest BCUT2D eigenvalue weighted by Gasteiger charge is 2.47. The summed E-state index contributed by atoms with van der Waals surface area (Å²) in [5.41, 5.74) is 22.3. The van der Waals surface area contributed by atoms with Crippen LogP contribution in [-0.4, -0.2) is 15.3 Å². The summed E-state index contributed by atoms with van der Waals surface area (Å²) in [6.07, 6.45) is 2.53. The van der Waals surface area contributed by atoms with Gasteiger partial charge < -0.3 is 21.1 Å². The summed E-state index contributed by atoms with van der Waals surface area (Å²) in [4.78, 5) is 0. The molecular formula is C60H57NO3. The first-order chi connectivity index (χ1) is 30.9. The average Bonchev–Trinajstić information content (AvgIpc) is 3.62. The van der Waals surface area contributed by atoms with Gasteiger partial charge in [0, 0.05) is 22.2 Å². The van der Waals surface area contributed by atoms with Crippen LogP contribution in [0.3, 0.4) is 0 Å². The molecule has 3 atom stereocenters. The van der Waals surface area contributed by atoms with E-state index in [9.17, 15) is 15.3 Å². The SMILES string of the molecule is CCC(C)c1cc(C(C)(C)c2ccc(O)c(C(CC)Cc3ccc4c(c3)-c3ccccc3C4(c3ccc(N)c(-c4ccccc4)c3)c3ccc(O)c(-c4ccccc4)c3)c2)ccc1O. The molecule has 5 N–H and O–H groups in total. The molecule has 3 unspecified atom stereocenters. The predicted molar refractivity (Wildman–Crippen MR) is 264 cm³/mol. The number of benzene rings is 8. The van der Waals surface area contributed by atoms with Crippen molar-refractivity contribution in [2.24, 2.45) is 0 Å². The van der Waals surface area contributed by atoms with Crippen LogP contribution in [-0.2, 0) is 17.3 Å². The maximum atomic E-state index is 11.5. The molecule has 1 aliphatic carbocycles. The lowest BCUT2D eigenvalue weighted by Gasteiger charge is -2.35. The smallest absolute Gasteiger partial charge is 0.123 e. The molecule has 4 nitrogen and oxygen atoms in total. The number of hydrogen-bond acceptors (Lipinski definition) is 4. The Kier molecular flexibility index (Phi) is 11.2. The van der Waals surface area contributed by atoms with Crippen molar-refractivity contribution in [1.82, 2.24) is 0 Å². The highest BCUT2D eigenvalue weighted by molar-refractivity contribution is 5.89. The van der Waals surface area contributed by atoms with E-state index in [1.807, 2.05) is 84.9 Å². The Balaban J connectivity index is 1.18. The molecule has 0 saturated heterocycles.